The van der Waals surface area contributed by atoms with Crippen LogP contribution in [0.5, 0.6) is 0 Å². The number of piperazine rings is 1. The number of hydrogen-bond donors (Lipinski definition) is 0. The van der Waals surface area contributed by atoms with Crippen LogP contribution in [-0.4, -0.2) is 42.8 Å². The fraction of sp³-hybridized carbons (Fsp3) is 0.421. The van der Waals surface area contributed by atoms with Crippen LogP contribution in [0.2, 0.25) is 0 Å². The van der Waals surface area contributed by atoms with E-state index < -0.39 is 5.60 Å². The van der Waals surface area contributed by atoms with Crippen molar-refractivity contribution in [2.45, 2.75) is 26.4 Å². The summed E-state index contributed by atoms with van der Waals surface area (Å²) in [6.45, 7) is 8.67. The summed E-state index contributed by atoms with van der Waals surface area (Å²) in [6, 6.07) is 12.6. The largest absolute Gasteiger partial charge is 0.444 e. The smallest absolute Gasteiger partial charge is 0.410 e. The first kappa shape index (κ1) is 17.1. The van der Waals surface area contributed by atoms with Crippen molar-refractivity contribution in [1.29, 1.82) is 0 Å². The summed E-state index contributed by atoms with van der Waals surface area (Å²) in [4.78, 5) is 16.3. The van der Waals surface area contributed by atoms with Gasteiger partial charge < -0.3 is 14.5 Å². The van der Waals surface area contributed by atoms with Gasteiger partial charge in [0, 0.05) is 41.7 Å². The summed E-state index contributed by atoms with van der Waals surface area (Å²) in [5.74, 6) is 0. The lowest BCUT2D eigenvalue weighted by Gasteiger charge is -2.37. The number of carbonyl (C=O) groups is 1. The number of rotatable bonds is 1. The lowest BCUT2D eigenvalue weighted by molar-refractivity contribution is 0.0241. The van der Waals surface area contributed by atoms with Crippen LogP contribution in [0.15, 0.2) is 40.9 Å². The van der Waals surface area contributed by atoms with Crippen molar-refractivity contribution in [2.75, 3.05) is 31.1 Å². The van der Waals surface area contributed by atoms with Crippen molar-refractivity contribution in [2.24, 2.45) is 0 Å². The third kappa shape index (κ3) is 3.66. The van der Waals surface area contributed by atoms with Gasteiger partial charge in [-0.25, -0.2) is 4.79 Å². The molecular formula is C19H23BrN2O2. The molecule has 0 bridgehead atoms. The second kappa shape index (κ2) is 6.63. The highest BCUT2D eigenvalue weighted by molar-refractivity contribution is 9.10. The maximum Gasteiger partial charge on any atom is 0.410 e. The van der Waals surface area contributed by atoms with E-state index in [1.807, 2.05) is 20.8 Å². The van der Waals surface area contributed by atoms with Gasteiger partial charge in [-0.1, -0.05) is 40.2 Å². The summed E-state index contributed by atoms with van der Waals surface area (Å²) in [6.07, 6.45) is -0.220. The molecule has 3 rings (SSSR count). The number of anilines is 1. The average molecular weight is 391 g/mol. The molecule has 0 saturated carbocycles. The van der Waals surface area contributed by atoms with Crippen LogP contribution in [-0.2, 0) is 4.74 Å². The lowest BCUT2D eigenvalue weighted by atomic mass is 10.1. The first-order valence-corrected chi connectivity index (χ1v) is 9.04. The first-order valence-electron chi connectivity index (χ1n) is 8.25. The Morgan fingerprint density at radius 1 is 1.00 bits per heavy atom. The number of carbonyl (C=O) groups excluding carboxylic acids is 1. The van der Waals surface area contributed by atoms with E-state index in [0.29, 0.717) is 13.1 Å². The zero-order valence-corrected chi connectivity index (χ0v) is 16.0. The van der Waals surface area contributed by atoms with Gasteiger partial charge >= 0.3 is 6.09 Å². The Bertz CT molecular complexity index is 747. The summed E-state index contributed by atoms with van der Waals surface area (Å²) in [5.41, 5.74) is 0.772. The number of halogens is 1. The Kier molecular flexibility index (Phi) is 4.72. The van der Waals surface area contributed by atoms with Gasteiger partial charge in [-0.3, -0.25) is 0 Å². The van der Waals surface area contributed by atoms with Crippen LogP contribution in [0.1, 0.15) is 20.8 Å². The number of fused-ring (bicyclic) bond motifs is 1. The first-order chi connectivity index (χ1) is 11.3. The van der Waals surface area contributed by atoms with Crippen molar-refractivity contribution >= 4 is 38.5 Å². The number of amides is 1. The molecule has 24 heavy (non-hydrogen) atoms. The number of benzene rings is 2. The molecular weight excluding hydrogens is 368 g/mol. The SMILES string of the molecule is CC(C)(C)OC(=O)N1CCN(c2ccc(Br)c3ccccc23)CC1. The molecule has 2 aromatic rings. The highest BCUT2D eigenvalue weighted by Gasteiger charge is 2.26. The molecule has 1 aliphatic rings. The molecule has 0 spiro atoms. The van der Waals surface area contributed by atoms with Crippen LogP contribution < -0.4 is 4.90 Å². The molecule has 0 atom stereocenters. The Morgan fingerprint density at radius 3 is 2.25 bits per heavy atom. The molecule has 128 valence electrons. The summed E-state index contributed by atoms with van der Waals surface area (Å²) in [5, 5.41) is 2.45. The summed E-state index contributed by atoms with van der Waals surface area (Å²) < 4.78 is 6.57. The minimum Gasteiger partial charge on any atom is -0.444 e. The van der Waals surface area contributed by atoms with Crippen LogP contribution in [0.25, 0.3) is 10.8 Å². The van der Waals surface area contributed by atoms with Crippen LogP contribution in [0.3, 0.4) is 0 Å². The zero-order valence-electron chi connectivity index (χ0n) is 14.4. The maximum atomic E-state index is 12.2. The summed E-state index contributed by atoms with van der Waals surface area (Å²) in [7, 11) is 0. The van der Waals surface area contributed by atoms with Crippen LogP contribution in [0.4, 0.5) is 10.5 Å². The topological polar surface area (TPSA) is 32.8 Å². The van der Waals surface area contributed by atoms with E-state index in [1.165, 1.54) is 16.5 Å². The Hall–Kier alpha value is -1.75. The second-order valence-corrected chi connectivity index (χ2v) is 7.92. The second-order valence-electron chi connectivity index (χ2n) is 7.07. The highest BCUT2D eigenvalue weighted by atomic mass is 79.9. The molecule has 0 radical (unpaired) electrons. The monoisotopic (exact) mass is 390 g/mol. The number of ether oxygens (including phenoxy) is 1. The van der Waals surface area contributed by atoms with E-state index in [0.717, 1.165) is 17.6 Å². The average Bonchev–Trinajstić information content (AvgIpc) is 2.54. The maximum absolute atomic E-state index is 12.2. The lowest BCUT2D eigenvalue weighted by Crippen LogP contribution is -2.50. The molecule has 1 heterocycles. The van der Waals surface area contributed by atoms with E-state index in [4.69, 9.17) is 4.74 Å². The Balaban J connectivity index is 1.74. The van der Waals surface area contributed by atoms with E-state index in [9.17, 15) is 4.79 Å². The van der Waals surface area contributed by atoms with Crippen molar-refractivity contribution in [1.82, 2.24) is 4.90 Å². The van der Waals surface area contributed by atoms with E-state index in [1.54, 1.807) is 4.90 Å². The van der Waals surface area contributed by atoms with Crippen molar-refractivity contribution in [3.8, 4) is 0 Å². The quantitative estimate of drug-likeness (QED) is 0.709. The van der Waals surface area contributed by atoms with E-state index >= 15 is 0 Å². The molecule has 0 aliphatic carbocycles. The van der Waals surface area contributed by atoms with Gasteiger partial charge in [0.2, 0.25) is 0 Å². The molecule has 2 aromatic carbocycles. The predicted octanol–water partition coefficient (Wildman–Crippen LogP) is 4.66. The standard InChI is InChI=1S/C19H23BrN2O2/c1-19(2,3)24-18(23)22-12-10-21(11-13-22)17-9-8-16(20)14-6-4-5-7-15(14)17/h4-9H,10-13H2,1-3H3. The Labute approximate surface area is 151 Å². The van der Waals surface area contributed by atoms with Crippen molar-refractivity contribution in [3.63, 3.8) is 0 Å². The fourth-order valence-corrected chi connectivity index (χ4v) is 3.46. The molecule has 1 aliphatic heterocycles. The normalized spacial score (nSPS) is 15.7. The van der Waals surface area contributed by atoms with E-state index in [2.05, 4.69) is 57.2 Å². The molecule has 0 N–H and O–H groups in total. The van der Waals surface area contributed by atoms with Gasteiger partial charge in [-0.2, -0.15) is 0 Å². The van der Waals surface area contributed by atoms with Gasteiger partial charge in [0.05, 0.1) is 0 Å². The van der Waals surface area contributed by atoms with Gasteiger partial charge in [0.1, 0.15) is 5.60 Å². The molecule has 1 fully saturated rings. The molecule has 1 amide bonds. The molecule has 0 aromatic heterocycles. The van der Waals surface area contributed by atoms with Gasteiger partial charge in [0.15, 0.2) is 0 Å². The zero-order chi connectivity index (χ0) is 17.3. The third-order valence-corrected chi connectivity index (χ3v) is 4.81. The third-order valence-electron chi connectivity index (χ3n) is 4.12. The minimum absolute atomic E-state index is 0.220. The van der Waals surface area contributed by atoms with Gasteiger partial charge in [-0.15, -0.1) is 0 Å². The fourth-order valence-electron chi connectivity index (χ4n) is 2.98. The van der Waals surface area contributed by atoms with Crippen molar-refractivity contribution < 1.29 is 9.53 Å². The molecule has 5 heteroatoms. The highest BCUT2D eigenvalue weighted by Crippen LogP contribution is 2.32. The van der Waals surface area contributed by atoms with Crippen LogP contribution >= 0.6 is 15.9 Å². The van der Waals surface area contributed by atoms with Gasteiger partial charge in [0.25, 0.3) is 0 Å². The van der Waals surface area contributed by atoms with Crippen molar-refractivity contribution in [3.05, 3.63) is 40.9 Å². The van der Waals surface area contributed by atoms with Gasteiger partial charge in [-0.05, 0) is 38.3 Å². The minimum atomic E-state index is -0.448. The number of nitrogens with zero attached hydrogens (tertiary/aromatic N) is 2. The molecule has 4 nitrogen and oxygen atoms in total. The summed E-state index contributed by atoms with van der Waals surface area (Å²) >= 11 is 3.62. The molecule has 1 saturated heterocycles. The van der Waals surface area contributed by atoms with E-state index in [-0.39, 0.29) is 6.09 Å². The van der Waals surface area contributed by atoms with Crippen LogP contribution in [0, 0.1) is 0 Å². The Morgan fingerprint density at radius 2 is 1.62 bits per heavy atom. The molecule has 0 unspecified atom stereocenters. The predicted molar refractivity (Wildman–Crippen MR) is 102 cm³/mol. The number of hydrogen-bond acceptors (Lipinski definition) is 3.